The molecule has 0 spiro atoms. The van der Waals surface area contributed by atoms with E-state index in [-0.39, 0.29) is 17.6 Å². The number of aliphatic hydroxyl groups is 1. The third-order valence-corrected chi connectivity index (χ3v) is 5.16. The summed E-state index contributed by atoms with van der Waals surface area (Å²) in [6.07, 6.45) is 5.16. The Bertz CT molecular complexity index is 655. The number of rotatable bonds is 7. The van der Waals surface area contributed by atoms with Crippen LogP contribution in [0.2, 0.25) is 0 Å². The zero-order valence-corrected chi connectivity index (χ0v) is 14.9. The van der Waals surface area contributed by atoms with Gasteiger partial charge in [0, 0.05) is 12.2 Å². The van der Waals surface area contributed by atoms with Gasteiger partial charge in [-0.2, -0.15) is 13.8 Å². The third kappa shape index (κ3) is 5.23. The Labute approximate surface area is 155 Å². The van der Waals surface area contributed by atoms with Crippen LogP contribution in [0.3, 0.4) is 0 Å². The van der Waals surface area contributed by atoms with E-state index in [1.807, 2.05) is 0 Å². The van der Waals surface area contributed by atoms with Crippen molar-refractivity contribution in [3.05, 3.63) is 11.8 Å². The molecule has 2 aliphatic rings. The maximum Gasteiger partial charge on any atom is 0.345 e. The highest BCUT2D eigenvalue weighted by Gasteiger charge is 2.28. The molecule has 5 N–H and O–H groups in total. The highest BCUT2D eigenvalue weighted by molar-refractivity contribution is 5.97. The molecule has 2 fully saturated rings. The molecule has 8 nitrogen and oxygen atoms in total. The highest BCUT2D eigenvalue weighted by Crippen LogP contribution is 2.27. The number of carbonyl (C=O) groups excluding carboxylic acids is 1. The predicted octanol–water partition coefficient (Wildman–Crippen LogP) is 1.86. The Balaban J connectivity index is 1.64. The second kappa shape index (κ2) is 8.75. The molecule has 0 aliphatic heterocycles. The molecule has 1 heterocycles. The van der Waals surface area contributed by atoms with Crippen LogP contribution in [0.25, 0.3) is 0 Å². The SMILES string of the molecule is NC(=O)c1cnc(NC2CCC(OC(F)F)CC2)nc1N[C@@H]1CCCC1O. The van der Waals surface area contributed by atoms with Crippen LogP contribution in [0.1, 0.15) is 55.3 Å². The average molecular weight is 385 g/mol. The maximum absolute atomic E-state index is 12.3. The van der Waals surface area contributed by atoms with E-state index in [2.05, 4.69) is 25.3 Å². The molecule has 0 aromatic carbocycles. The van der Waals surface area contributed by atoms with E-state index in [9.17, 15) is 18.7 Å². The first-order chi connectivity index (χ1) is 12.9. The number of nitrogens with zero attached hydrogens (tertiary/aromatic N) is 2. The monoisotopic (exact) mass is 385 g/mol. The summed E-state index contributed by atoms with van der Waals surface area (Å²) in [5.74, 6) is -0.0323. The van der Waals surface area contributed by atoms with Gasteiger partial charge < -0.3 is 26.2 Å². The second-order valence-electron chi connectivity index (χ2n) is 7.08. The van der Waals surface area contributed by atoms with Crippen LogP contribution in [-0.4, -0.2) is 51.9 Å². The van der Waals surface area contributed by atoms with Gasteiger partial charge in [0.25, 0.3) is 5.91 Å². The summed E-state index contributed by atoms with van der Waals surface area (Å²) < 4.78 is 29.1. The summed E-state index contributed by atoms with van der Waals surface area (Å²) in [7, 11) is 0. The van der Waals surface area contributed by atoms with Crippen LogP contribution in [-0.2, 0) is 4.74 Å². The van der Waals surface area contributed by atoms with Crippen molar-refractivity contribution in [1.82, 2.24) is 9.97 Å². The van der Waals surface area contributed by atoms with E-state index in [4.69, 9.17) is 5.73 Å². The van der Waals surface area contributed by atoms with Gasteiger partial charge in [-0.1, -0.05) is 0 Å². The summed E-state index contributed by atoms with van der Waals surface area (Å²) in [4.78, 5) is 20.1. The van der Waals surface area contributed by atoms with Crippen molar-refractivity contribution in [1.29, 1.82) is 0 Å². The molecule has 2 aliphatic carbocycles. The summed E-state index contributed by atoms with van der Waals surface area (Å²) >= 11 is 0. The minimum Gasteiger partial charge on any atom is -0.391 e. The molecule has 0 bridgehead atoms. The van der Waals surface area contributed by atoms with Crippen molar-refractivity contribution in [2.45, 2.75) is 75.8 Å². The summed E-state index contributed by atoms with van der Waals surface area (Å²) in [5, 5.41) is 16.3. The van der Waals surface area contributed by atoms with Crippen LogP contribution in [0.5, 0.6) is 0 Å². The molecule has 0 saturated heterocycles. The second-order valence-corrected chi connectivity index (χ2v) is 7.08. The van der Waals surface area contributed by atoms with Gasteiger partial charge in [0.05, 0.1) is 23.8 Å². The van der Waals surface area contributed by atoms with Gasteiger partial charge in [0.1, 0.15) is 5.82 Å². The summed E-state index contributed by atoms with van der Waals surface area (Å²) in [6, 6.07) is -0.153. The molecule has 1 amide bonds. The number of carbonyl (C=O) groups is 1. The smallest absolute Gasteiger partial charge is 0.345 e. The molecule has 1 aromatic heterocycles. The number of hydrogen-bond donors (Lipinski definition) is 4. The number of alkyl halides is 2. The number of halogens is 2. The largest absolute Gasteiger partial charge is 0.391 e. The first kappa shape index (κ1) is 19.7. The van der Waals surface area contributed by atoms with Crippen LogP contribution < -0.4 is 16.4 Å². The van der Waals surface area contributed by atoms with E-state index in [0.29, 0.717) is 43.9 Å². The Kier molecular flexibility index (Phi) is 6.38. The maximum atomic E-state index is 12.3. The molecule has 10 heteroatoms. The van der Waals surface area contributed by atoms with Crippen LogP contribution in [0.15, 0.2) is 6.20 Å². The number of nitrogens with two attached hydrogens (primary N) is 1. The van der Waals surface area contributed by atoms with Crippen LogP contribution in [0, 0.1) is 0 Å². The Morgan fingerprint density at radius 2 is 1.96 bits per heavy atom. The predicted molar refractivity (Wildman–Crippen MR) is 94.6 cm³/mol. The molecule has 150 valence electrons. The Hall–Kier alpha value is -2.07. The van der Waals surface area contributed by atoms with E-state index < -0.39 is 24.7 Å². The van der Waals surface area contributed by atoms with Crippen molar-refractivity contribution in [2.24, 2.45) is 5.73 Å². The fraction of sp³-hybridized carbons (Fsp3) is 0.706. The number of hydrogen-bond acceptors (Lipinski definition) is 7. The zero-order valence-electron chi connectivity index (χ0n) is 14.9. The van der Waals surface area contributed by atoms with Crippen LogP contribution >= 0.6 is 0 Å². The lowest BCUT2D eigenvalue weighted by atomic mass is 9.93. The summed E-state index contributed by atoms with van der Waals surface area (Å²) in [6.45, 7) is -2.75. The van der Waals surface area contributed by atoms with Crippen molar-refractivity contribution < 1.29 is 23.4 Å². The Morgan fingerprint density at radius 3 is 2.56 bits per heavy atom. The molecule has 2 saturated carbocycles. The van der Waals surface area contributed by atoms with Crippen molar-refractivity contribution in [3.63, 3.8) is 0 Å². The number of ether oxygens (including phenoxy) is 1. The van der Waals surface area contributed by atoms with Gasteiger partial charge in [-0.15, -0.1) is 0 Å². The van der Waals surface area contributed by atoms with Gasteiger partial charge in [-0.25, -0.2) is 4.98 Å². The molecule has 2 atom stereocenters. The molecule has 1 unspecified atom stereocenters. The fourth-order valence-corrected chi connectivity index (χ4v) is 3.70. The van der Waals surface area contributed by atoms with Crippen molar-refractivity contribution in [2.75, 3.05) is 10.6 Å². The average Bonchev–Trinajstić information content (AvgIpc) is 3.01. The van der Waals surface area contributed by atoms with Gasteiger partial charge in [-0.3, -0.25) is 4.79 Å². The highest BCUT2D eigenvalue weighted by atomic mass is 19.3. The van der Waals surface area contributed by atoms with E-state index in [0.717, 1.165) is 12.8 Å². The lowest BCUT2D eigenvalue weighted by molar-refractivity contribution is -0.169. The van der Waals surface area contributed by atoms with E-state index >= 15 is 0 Å². The zero-order chi connectivity index (χ0) is 19.4. The summed E-state index contributed by atoms with van der Waals surface area (Å²) in [5.41, 5.74) is 5.56. The Morgan fingerprint density at radius 1 is 1.22 bits per heavy atom. The van der Waals surface area contributed by atoms with E-state index in [1.165, 1.54) is 6.20 Å². The van der Waals surface area contributed by atoms with E-state index in [1.54, 1.807) is 0 Å². The third-order valence-electron chi connectivity index (χ3n) is 5.16. The molecule has 27 heavy (non-hydrogen) atoms. The van der Waals surface area contributed by atoms with Crippen molar-refractivity contribution in [3.8, 4) is 0 Å². The van der Waals surface area contributed by atoms with Crippen LogP contribution in [0.4, 0.5) is 20.5 Å². The lowest BCUT2D eigenvalue weighted by Gasteiger charge is -2.29. The number of nitrogens with one attached hydrogen (secondary N) is 2. The molecule has 0 radical (unpaired) electrons. The van der Waals surface area contributed by atoms with Gasteiger partial charge in [-0.05, 0) is 44.9 Å². The standard InChI is InChI=1S/C17H25F2N5O3/c18-16(19)27-10-6-4-9(5-7-10)22-17-21-8-11(14(20)26)15(24-17)23-12-2-1-3-13(12)25/h8-10,12-13,16,25H,1-7H2,(H2,20,26)(H2,21,22,23,24)/t9?,10?,12-,13?/m1/s1. The molecule has 1 aromatic rings. The first-order valence-corrected chi connectivity index (χ1v) is 9.24. The normalized spacial score (nSPS) is 28.3. The number of primary amides is 1. The molecular formula is C17H25F2N5O3. The lowest BCUT2D eigenvalue weighted by Crippen LogP contribution is -2.32. The molecular weight excluding hydrogens is 360 g/mol. The van der Waals surface area contributed by atoms with Gasteiger partial charge in [0.15, 0.2) is 0 Å². The number of anilines is 2. The minimum atomic E-state index is -2.75. The molecule has 3 rings (SSSR count). The minimum absolute atomic E-state index is 0.0341. The van der Waals surface area contributed by atoms with Gasteiger partial charge >= 0.3 is 6.61 Å². The van der Waals surface area contributed by atoms with Gasteiger partial charge in [0.2, 0.25) is 5.95 Å². The fourth-order valence-electron chi connectivity index (χ4n) is 3.70. The topological polar surface area (TPSA) is 122 Å². The number of aromatic nitrogens is 2. The number of amides is 1. The van der Waals surface area contributed by atoms with Crippen molar-refractivity contribution >= 4 is 17.7 Å². The number of aliphatic hydroxyl groups excluding tert-OH is 1. The quantitative estimate of drug-likeness (QED) is 0.565. The first-order valence-electron chi connectivity index (χ1n) is 9.24.